The van der Waals surface area contributed by atoms with Gasteiger partial charge in [-0.1, -0.05) is 26.7 Å². The van der Waals surface area contributed by atoms with Crippen molar-refractivity contribution in [1.82, 2.24) is 0 Å². The summed E-state index contributed by atoms with van der Waals surface area (Å²) in [5.41, 5.74) is -0.266. The number of fused-ring (bicyclic) bond motifs is 8. The molecule has 1 saturated heterocycles. The molecule has 5 rings (SSSR count). The van der Waals surface area contributed by atoms with Crippen molar-refractivity contribution in [2.75, 3.05) is 0 Å². The molecule has 144 valence electrons. The molecule has 0 N–H and O–H groups in total. The van der Waals surface area contributed by atoms with E-state index in [-0.39, 0.29) is 47.4 Å². The van der Waals surface area contributed by atoms with Crippen molar-refractivity contribution in [3.8, 4) is 0 Å². The normalized spacial score (nSPS) is 55.1. The lowest BCUT2D eigenvalue weighted by Crippen LogP contribution is -2.63. The zero-order chi connectivity index (χ0) is 18.5. The summed E-state index contributed by atoms with van der Waals surface area (Å²) in [7, 11) is 0. The van der Waals surface area contributed by atoms with E-state index in [1.54, 1.807) is 0 Å². The van der Waals surface area contributed by atoms with Crippen LogP contribution in [0.2, 0.25) is 0 Å². The summed E-state index contributed by atoms with van der Waals surface area (Å²) in [6, 6.07) is 0. The fraction of sp³-hybridized carbons (Fsp3) is 0.909. The molecule has 4 unspecified atom stereocenters. The Balaban J connectivity index is 1.63. The Morgan fingerprint density at radius 2 is 1.62 bits per heavy atom. The van der Waals surface area contributed by atoms with Crippen LogP contribution in [0.1, 0.15) is 72.6 Å². The molecule has 1 aliphatic heterocycles. The lowest BCUT2D eigenvalue weighted by molar-refractivity contribution is -0.180. The quantitative estimate of drug-likeness (QED) is 0.615. The SMILES string of the molecule is CC1(C)O[C@@H]2C3C(CC[C@]4(C)C(=O)CC(=O)C34)[C@@]3(C)CCCCC3[C@H]2O1. The van der Waals surface area contributed by atoms with Crippen LogP contribution in [-0.4, -0.2) is 29.6 Å². The van der Waals surface area contributed by atoms with Crippen LogP contribution in [0.5, 0.6) is 0 Å². The average molecular weight is 360 g/mol. The van der Waals surface area contributed by atoms with E-state index >= 15 is 0 Å². The van der Waals surface area contributed by atoms with Crippen molar-refractivity contribution in [3.05, 3.63) is 0 Å². The highest BCUT2D eigenvalue weighted by atomic mass is 16.8. The highest BCUT2D eigenvalue weighted by Gasteiger charge is 2.69. The van der Waals surface area contributed by atoms with Crippen molar-refractivity contribution in [1.29, 1.82) is 0 Å². The maximum Gasteiger partial charge on any atom is 0.163 e. The van der Waals surface area contributed by atoms with E-state index < -0.39 is 11.2 Å². The van der Waals surface area contributed by atoms with Crippen LogP contribution < -0.4 is 0 Å². The van der Waals surface area contributed by atoms with Gasteiger partial charge in [0.15, 0.2) is 5.79 Å². The highest BCUT2D eigenvalue weighted by Crippen LogP contribution is 2.67. The molecule has 0 amide bonds. The van der Waals surface area contributed by atoms with Gasteiger partial charge in [0.2, 0.25) is 0 Å². The lowest BCUT2D eigenvalue weighted by atomic mass is 9.44. The van der Waals surface area contributed by atoms with Gasteiger partial charge in [-0.3, -0.25) is 9.59 Å². The Labute approximate surface area is 156 Å². The van der Waals surface area contributed by atoms with Gasteiger partial charge in [-0.2, -0.15) is 0 Å². The Kier molecular flexibility index (Phi) is 3.47. The third-order valence-corrected chi connectivity index (χ3v) is 8.94. The maximum atomic E-state index is 13.0. The van der Waals surface area contributed by atoms with E-state index in [1.165, 1.54) is 25.7 Å². The van der Waals surface area contributed by atoms with Crippen LogP contribution in [0.4, 0.5) is 0 Å². The number of ketones is 2. The van der Waals surface area contributed by atoms with Crippen LogP contribution in [0.15, 0.2) is 0 Å². The van der Waals surface area contributed by atoms with Gasteiger partial charge in [0.1, 0.15) is 11.6 Å². The minimum absolute atomic E-state index is 0.0364. The summed E-state index contributed by atoms with van der Waals surface area (Å²) in [5.74, 6) is 0.688. The molecule has 4 saturated carbocycles. The molecule has 4 aliphatic carbocycles. The summed E-state index contributed by atoms with van der Waals surface area (Å²) in [6.07, 6.45) is 7.05. The van der Waals surface area contributed by atoms with E-state index in [1.807, 2.05) is 20.8 Å². The fourth-order valence-corrected chi connectivity index (χ4v) is 7.81. The number of carbonyl (C=O) groups excluding carboxylic acids is 2. The molecule has 0 radical (unpaired) electrons. The Bertz CT molecular complexity index is 669. The molecule has 0 aromatic rings. The molecule has 1 heterocycles. The standard InChI is InChI=1S/C22H32O4/c1-20(2)25-18-13-7-5-6-9-21(13,3)12-8-10-22(4)15(24)11-14(23)17(22)16(12)19(18)26-20/h12-13,16-19H,5-11H2,1-4H3/t12?,13?,16?,17?,18-,19-,21-,22-/m1/s1. The summed E-state index contributed by atoms with van der Waals surface area (Å²) < 4.78 is 12.9. The van der Waals surface area contributed by atoms with E-state index in [0.717, 1.165) is 12.8 Å². The number of hydrogen-bond acceptors (Lipinski definition) is 4. The minimum atomic E-state index is -0.595. The smallest absolute Gasteiger partial charge is 0.163 e. The third kappa shape index (κ3) is 2.03. The van der Waals surface area contributed by atoms with Gasteiger partial charge in [-0.05, 0) is 56.8 Å². The van der Waals surface area contributed by atoms with Gasteiger partial charge in [0.25, 0.3) is 0 Å². The molecule has 8 atom stereocenters. The summed E-state index contributed by atoms with van der Waals surface area (Å²) in [5, 5.41) is 0. The first kappa shape index (κ1) is 17.4. The van der Waals surface area contributed by atoms with Gasteiger partial charge in [0, 0.05) is 17.3 Å². The molecule has 0 aromatic heterocycles. The maximum absolute atomic E-state index is 13.0. The van der Waals surface area contributed by atoms with Crippen LogP contribution in [-0.2, 0) is 19.1 Å². The molecule has 4 nitrogen and oxygen atoms in total. The number of hydrogen-bond donors (Lipinski definition) is 0. The summed E-state index contributed by atoms with van der Waals surface area (Å²) in [6.45, 7) is 8.50. The molecular formula is C22H32O4. The number of ether oxygens (including phenoxy) is 2. The second kappa shape index (κ2) is 5.20. The van der Waals surface area contributed by atoms with Crippen molar-refractivity contribution >= 4 is 11.6 Å². The van der Waals surface area contributed by atoms with E-state index in [0.29, 0.717) is 11.8 Å². The molecule has 4 heteroatoms. The molecule has 5 aliphatic rings. The lowest BCUT2D eigenvalue weighted by Gasteiger charge is -2.61. The molecule has 26 heavy (non-hydrogen) atoms. The number of rotatable bonds is 0. The summed E-state index contributed by atoms with van der Waals surface area (Å²) >= 11 is 0. The van der Waals surface area contributed by atoms with Gasteiger partial charge in [-0.15, -0.1) is 0 Å². The van der Waals surface area contributed by atoms with E-state index in [4.69, 9.17) is 9.47 Å². The zero-order valence-electron chi connectivity index (χ0n) is 16.5. The Morgan fingerprint density at radius 1 is 0.885 bits per heavy atom. The van der Waals surface area contributed by atoms with Crippen LogP contribution >= 0.6 is 0 Å². The van der Waals surface area contributed by atoms with Crippen molar-refractivity contribution < 1.29 is 19.1 Å². The zero-order valence-corrected chi connectivity index (χ0v) is 16.5. The largest absolute Gasteiger partial charge is 0.344 e. The predicted octanol–water partition coefficient (Wildman–Crippen LogP) is 3.91. The first-order valence-corrected chi connectivity index (χ1v) is 10.6. The first-order chi connectivity index (χ1) is 12.2. The molecule has 0 aromatic carbocycles. The molecule has 0 bridgehead atoms. The number of Topliss-reactive ketones (excluding diaryl/α,β-unsaturated/α-hetero) is 2. The Hall–Kier alpha value is -0.740. The predicted molar refractivity (Wildman–Crippen MR) is 96.3 cm³/mol. The van der Waals surface area contributed by atoms with Crippen LogP contribution in [0.25, 0.3) is 0 Å². The third-order valence-electron chi connectivity index (χ3n) is 8.94. The van der Waals surface area contributed by atoms with Gasteiger partial charge in [-0.25, -0.2) is 0 Å². The fourth-order valence-electron chi connectivity index (χ4n) is 7.81. The van der Waals surface area contributed by atoms with Crippen LogP contribution in [0, 0.1) is 34.5 Å². The topological polar surface area (TPSA) is 52.6 Å². The molecule has 0 spiro atoms. The summed E-state index contributed by atoms with van der Waals surface area (Å²) in [4.78, 5) is 25.7. The van der Waals surface area contributed by atoms with E-state index in [9.17, 15) is 9.59 Å². The van der Waals surface area contributed by atoms with Crippen molar-refractivity contribution in [2.45, 2.75) is 90.6 Å². The number of carbonyl (C=O) groups is 2. The van der Waals surface area contributed by atoms with Crippen LogP contribution in [0.3, 0.4) is 0 Å². The van der Waals surface area contributed by atoms with Gasteiger partial charge >= 0.3 is 0 Å². The highest BCUT2D eigenvalue weighted by molar-refractivity contribution is 6.10. The second-order valence-corrected chi connectivity index (χ2v) is 10.6. The monoisotopic (exact) mass is 360 g/mol. The van der Waals surface area contributed by atoms with Gasteiger partial charge < -0.3 is 9.47 Å². The molecular weight excluding hydrogens is 328 g/mol. The van der Waals surface area contributed by atoms with Crippen molar-refractivity contribution in [3.63, 3.8) is 0 Å². The molecule has 5 fully saturated rings. The minimum Gasteiger partial charge on any atom is -0.344 e. The van der Waals surface area contributed by atoms with Gasteiger partial charge in [0.05, 0.1) is 18.6 Å². The second-order valence-electron chi connectivity index (χ2n) is 10.6. The van der Waals surface area contributed by atoms with Crippen molar-refractivity contribution in [2.24, 2.45) is 34.5 Å². The Morgan fingerprint density at radius 3 is 2.38 bits per heavy atom. The first-order valence-electron chi connectivity index (χ1n) is 10.6. The van der Waals surface area contributed by atoms with E-state index in [2.05, 4.69) is 6.92 Å². The average Bonchev–Trinajstić information content (AvgIpc) is 3.00.